The average Bonchev–Trinajstić information content (AvgIpc) is 2.54. The molecular weight excluding hydrogens is 306 g/mol. The Kier molecular flexibility index (Phi) is 6.23. The quantitative estimate of drug-likeness (QED) is 0.720. The van der Waals surface area contributed by atoms with Gasteiger partial charge in [0, 0.05) is 12.1 Å². The first-order chi connectivity index (χ1) is 11.6. The first-order valence-corrected chi connectivity index (χ1v) is 8.65. The number of carbonyl (C=O) groups is 2. The molecule has 1 saturated heterocycles. The van der Waals surface area contributed by atoms with Gasteiger partial charge >= 0.3 is 5.97 Å². The molecule has 132 valence electrons. The van der Waals surface area contributed by atoms with Gasteiger partial charge in [0.25, 0.3) is 5.91 Å². The van der Waals surface area contributed by atoms with Gasteiger partial charge < -0.3 is 14.4 Å². The van der Waals surface area contributed by atoms with Crippen molar-refractivity contribution in [3.8, 4) is 5.75 Å². The molecule has 0 saturated carbocycles. The van der Waals surface area contributed by atoms with Crippen LogP contribution in [-0.4, -0.2) is 43.6 Å². The second kappa shape index (κ2) is 8.18. The van der Waals surface area contributed by atoms with Gasteiger partial charge in [0.05, 0.1) is 14.2 Å². The number of likely N-dealkylation sites (tertiary alicyclic amines) is 1. The maximum absolute atomic E-state index is 12.8. The van der Waals surface area contributed by atoms with Gasteiger partial charge in [0.2, 0.25) is 0 Å². The number of amides is 1. The van der Waals surface area contributed by atoms with Gasteiger partial charge in [-0.3, -0.25) is 4.79 Å². The van der Waals surface area contributed by atoms with Crippen LogP contribution in [0, 0.1) is 0 Å². The minimum Gasteiger partial charge on any atom is -0.496 e. The minimum atomic E-state index is -0.450. The molecule has 0 spiro atoms. The van der Waals surface area contributed by atoms with E-state index in [4.69, 9.17) is 9.47 Å². The normalized spacial score (nSPS) is 16.5. The van der Waals surface area contributed by atoms with Crippen LogP contribution in [0.4, 0.5) is 0 Å². The highest BCUT2D eigenvalue weighted by molar-refractivity contribution is 5.98. The predicted molar refractivity (Wildman–Crippen MR) is 92.4 cm³/mol. The van der Waals surface area contributed by atoms with E-state index in [1.807, 2.05) is 12.1 Å². The van der Waals surface area contributed by atoms with E-state index in [9.17, 15) is 9.59 Å². The number of hydrogen-bond donors (Lipinski definition) is 0. The molecule has 0 N–H and O–H groups in total. The number of methoxy groups -OCH3 is 2. The lowest BCUT2D eigenvalue weighted by Crippen LogP contribution is -2.55. The zero-order valence-corrected chi connectivity index (χ0v) is 15.1. The van der Waals surface area contributed by atoms with Gasteiger partial charge in [-0.25, -0.2) is 4.79 Å². The van der Waals surface area contributed by atoms with Crippen molar-refractivity contribution in [2.75, 3.05) is 20.8 Å². The van der Waals surface area contributed by atoms with Crippen LogP contribution in [0.1, 0.15) is 54.6 Å². The molecule has 1 aliphatic heterocycles. The molecule has 1 aromatic rings. The van der Waals surface area contributed by atoms with Crippen molar-refractivity contribution in [2.45, 2.75) is 52.0 Å². The molecular formula is C19H27NO4. The van der Waals surface area contributed by atoms with E-state index in [1.54, 1.807) is 12.0 Å². The summed E-state index contributed by atoms with van der Waals surface area (Å²) in [4.78, 5) is 26.2. The summed E-state index contributed by atoms with van der Waals surface area (Å²) in [5.41, 5.74) is 2.75. The molecule has 1 fully saturated rings. The Morgan fingerprint density at radius 2 is 1.71 bits per heavy atom. The fourth-order valence-corrected chi connectivity index (χ4v) is 3.23. The lowest BCUT2D eigenvalue weighted by Gasteiger charge is -2.38. The molecule has 1 amide bonds. The summed E-state index contributed by atoms with van der Waals surface area (Å²) in [6.07, 6.45) is 4.35. The van der Waals surface area contributed by atoms with Crippen molar-refractivity contribution >= 4 is 11.9 Å². The Labute approximate surface area is 143 Å². The van der Waals surface area contributed by atoms with Crippen LogP contribution < -0.4 is 4.74 Å². The van der Waals surface area contributed by atoms with Gasteiger partial charge in [-0.1, -0.05) is 26.7 Å². The van der Waals surface area contributed by atoms with Gasteiger partial charge in [-0.15, -0.1) is 0 Å². The van der Waals surface area contributed by atoms with Crippen LogP contribution in [-0.2, 0) is 22.4 Å². The van der Waals surface area contributed by atoms with E-state index >= 15 is 0 Å². The molecule has 1 atom stereocenters. The number of ether oxygens (including phenoxy) is 2. The van der Waals surface area contributed by atoms with Crippen molar-refractivity contribution in [2.24, 2.45) is 0 Å². The summed E-state index contributed by atoms with van der Waals surface area (Å²) in [6, 6.07) is 3.38. The summed E-state index contributed by atoms with van der Waals surface area (Å²) >= 11 is 0. The Balaban J connectivity index is 2.35. The maximum Gasteiger partial charge on any atom is 0.328 e. The first-order valence-electron chi connectivity index (χ1n) is 8.65. The van der Waals surface area contributed by atoms with Gasteiger partial charge in [0.15, 0.2) is 0 Å². The molecule has 5 nitrogen and oxygen atoms in total. The van der Waals surface area contributed by atoms with Crippen LogP contribution in [0.5, 0.6) is 5.75 Å². The summed E-state index contributed by atoms with van der Waals surface area (Å²) in [5.74, 6) is 0.447. The minimum absolute atomic E-state index is 0.103. The highest BCUT2D eigenvalue weighted by Crippen LogP contribution is 2.30. The van der Waals surface area contributed by atoms with E-state index in [-0.39, 0.29) is 11.9 Å². The monoisotopic (exact) mass is 333 g/mol. The number of aryl methyl sites for hydroxylation is 2. The average molecular weight is 333 g/mol. The molecule has 2 rings (SSSR count). The Bertz CT molecular complexity index is 584. The van der Waals surface area contributed by atoms with Gasteiger partial charge in [0.1, 0.15) is 11.8 Å². The van der Waals surface area contributed by atoms with Crippen LogP contribution in [0.3, 0.4) is 0 Å². The van der Waals surface area contributed by atoms with Crippen LogP contribution in [0.25, 0.3) is 0 Å². The lowest BCUT2D eigenvalue weighted by atomic mass is 9.95. The number of rotatable bonds is 7. The van der Waals surface area contributed by atoms with E-state index in [2.05, 4.69) is 13.8 Å². The molecule has 1 aliphatic rings. The van der Waals surface area contributed by atoms with Crippen molar-refractivity contribution in [3.05, 3.63) is 28.8 Å². The predicted octanol–water partition coefficient (Wildman–Crippen LogP) is 2.99. The van der Waals surface area contributed by atoms with E-state index in [0.717, 1.165) is 42.6 Å². The number of carbonyl (C=O) groups excluding carboxylic acids is 2. The fourth-order valence-electron chi connectivity index (χ4n) is 3.23. The molecule has 5 heteroatoms. The lowest BCUT2D eigenvalue weighted by molar-refractivity contribution is -0.149. The SMILES string of the molecule is CCCc1cc(C(=O)N2CCC2C(=O)OC)cc(CCC)c1OC. The van der Waals surface area contributed by atoms with Crippen molar-refractivity contribution in [1.82, 2.24) is 4.90 Å². The van der Waals surface area contributed by atoms with E-state index in [0.29, 0.717) is 18.5 Å². The highest BCUT2D eigenvalue weighted by Gasteiger charge is 2.39. The Hall–Kier alpha value is -2.04. The zero-order valence-electron chi connectivity index (χ0n) is 15.1. The summed E-state index contributed by atoms with van der Waals surface area (Å²) in [7, 11) is 3.03. The summed E-state index contributed by atoms with van der Waals surface area (Å²) < 4.78 is 10.4. The molecule has 24 heavy (non-hydrogen) atoms. The van der Waals surface area contributed by atoms with E-state index in [1.165, 1.54) is 7.11 Å². The third-order valence-corrected chi connectivity index (χ3v) is 4.49. The van der Waals surface area contributed by atoms with Crippen LogP contribution >= 0.6 is 0 Å². The van der Waals surface area contributed by atoms with Crippen molar-refractivity contribution in [3.63, 3.8) is 0 Å². The smallest absolute Gasteiger partial charge is 0.328 e. The maximum atomic E-state index is 12.8. The molecule has 1 aromatic carbocycles. The van der Waals surface area contributed by atoms with Crippen LogP contribution in [0.2, 0.25) is 0 Å². The third kappa shape index (κ3) is 3.55. The fraction of sp³-hybridized carbons (Fsp3) is 0.579. The second-order valence-corrected chi connectivity index (χ2v) is 6.15. The molecule has 1 unspecified atom stereocenters. The zero-order chi connectivity index (χ0) is 17.7. The van der Waals surface area contributed by atoms with E-state index < -0.39 is 6.04 Å². The van der Waals surface area contributed by atoms with Crippen LogP contribution in [0.15, 0.2) is 12.1 Å². The molecule has 0 aliphatic carbocycles. The standard InChI is InChI=1S/C19H27NO4/c1-5-7-13-11-15(12-14(8-6-2)17(13)23-3)18(21)20-10-9-16(20)19(22)24-4/h11-12,16H,5-10H2,1-4H3. The van der Waals surface area contributed by atoms with Gasteiger partial charge in [-0.05, 0) is 42.5 Å². The molecule has 0 bridgehead atoms. The number of benzene rings is 1. The Morgan fingerprint density at radius 3 is 2.08 bits per heavy atom. The topological polar surface area (TPSA) is 55.8 Å². The molecule has 0 radical (unpaired) electrons. The Morgan fingerprint density at radius 1 is 1.12 bits per heavy atom. The molecule has 0 aromatic heterocycles. The summed E-state index contributed by atoms with van der Waals surface area (Å²) in [6.45, 7) is 4.81. The second-order valence-electron chi connectivity index (χ2n) is 6.15. The number of esters is 1. The summed E-state index contributed by atoms with van der Waals surface area (Å²) in [5, 5.41) is 0. The highest BCUT2D eigenvalue weighted by atomic mass is 16.5. The number of hydrogen-bond acceptors (Lipinski definition) is 4. The van der Waals surface area contributed by atoms with Crippen molar-refractivity contribution in [1.29, 1.82) is 0 Å². The number of nitrogens with zero attached hydrogens (tertiary/aromatic N) is 1. The van der Waals surface area contributed by atoms with Gasteiger partial charge in [-0.2, -0.15) is 0 Å². The first kappa shape index (κ1) is 18.3. The third-order valence-electron chi connectivity index (χ3n) is 4.49. The van der Waals surface area contributed by atoms with Crippen molar-refractivity contribution < 1.29 is 19.1 Å². The largest absolute Gasteiger partial charge is 0.496 e. The molecule has 1 heterocycles.